The quantitative estimate of drug-likeness (QED) is 0.583. The van der Waals surface area contributed by atoms with Gasteiger partial charge in [-0.3, -0.25) is 19.3 Å². The summed E-state index contributed by atoms with van der Waals surface area (Å²) >= 11 is 6.27. The standard InChI is InChI=1S/C18H19ClN6O2/c1-3-24(17(27)7-10-23-9-6-15(21-23)13(2)26)16-12-25(22-18(16)19)14-5-4-8-20-11-14/h4-6,8-9,11-12H,3,7,10H2,1-2H3. The minimum absolute atomic E-state index is 0.106. The second kappa shape index (κ2) is 8.13. The van der Waals surface area contributed by atoms with Crippen molar-refractivity contribution in [2.75, 3.05) is 11.4 Å². The molecule has 0 aliphatic carbocycles. The summed E-state index contributed by atoms with van der Waals surface area (Å²) in [5.74, 6) is -0.213. The van der Waals surface area contributed by atoms with Gasteiger partial charge in [-0.2, -0.15) is 10.2 Å². The van der Waals surface area contributed by atoms with E-state index in [0.717, 1.165) is 5.69 Å². The molecule has 0 bridgehead atoms. The van der Waals surface area contributed by atoms with E-state index in [0.29, 0.717) is 24.5 Å². The highest BCUT2D eigenvalue weighted by Crippen LogP contribution is 2.26. The lowest BCUT2D eigenvalue weighted by molar-refractivity contribution is -0.118. The number of pyridine rings is 1. The number of hydrogen-bond donors (Lipinski definition) is 0. The van der Waals surface area contributed by atoms with Crippen LogP contribution in [0.3, 0.4) is 0 Å². The molecule has 0 aliphatic rings. The van der Waals surface area contributed by atoms with Crippen LogP contribution in [0.25, 0.3) is 5.69 Å². The zero-order chi connectivity index (χ0) is 19.4. The Balaban J connectivity index is 1.73. The van der Waals surface area contributed by atoms with Crippen LogP contribution in [-0.4, -0.2) is 42.8 Å². The highest BCUT2D eigenvalue weighted by Gasteiger charge is 2.20. The lowest BCUT2D eigenvalue weighted by atomic mass is 10.3. The van der Waals surface area contributed by atoms with Crippen LogP contribution in [0.15, 0.2) is 43.0 Å². The van der Waals surface area contributed by atoms with E-state index in [-0.39, 0.29) is 23.3 Å². The average molecular weight is 387 g/mol. The Labute approximate surface area is 161 Å². The van der Waals surface area contributed by atoms with Crippen LogP contribution in [0.2, 0.25) is 5.15 Å². The summed E-state index contributed by atoms with van der Waals surface area (Å²) in [6, 6.07) is 5.29. The Kier molecular flexibility index (Phi) is 5.66. The Morgan fingerprint density at radius 3 is 2.70 bits per heavy atom. The molecule has 1 amide bonds. The van der Waals surface area contributed by atoms with Crippen LogP contribution in [0, 0.1) is 0 Å². The molecular formula is C18H19ClN6O2. The number of carbonyl (C=O) groups is 2. The van der Waals surface area contributed by atoms with Crippen LogP contribution >= 0.6 is 11.6 Å². The molecule has 3 rings (SSSR count). The number of amides is 1. The summed E-state index contributed by atoms with van der Waals surface area (Å²) in [7, 11) is 0. The molecule has 9 heteroatoms. The molecule has 0 spiro atoms. The molecule has 0 aromatic carbocycles. The SMILES string of the molecule is CCN(C(=O)CCn1ccc(C(C)=O)n1)c1cn(-c2cccnc2)nc1Cl. The third kappa shape index (κ3) is 4.22. The van der Waals surface area contributed by atoms with Crippen LogP contribution < -0.4 is 4.90 Å². The van der Waals surface area contributed by atoms with Crippen molar-refractivity contribution in [2.24, 2.45) is 0 Å². The highest BCUT2D eigenvalue weighted by atomic mass is 35.5. The maximum Gasteiger partial charge on any atom is 0.228 e. The maximum atomic E-state index is 12.7. The van der Waals surface area contributed by atoms with Crippen molar-refractivity contribution in [3.05, 3.63) is 53.8 Å². The van der Waals surface area contributed by atoms with Crippen LogP contribution in [0.4, 0.5) is 5.69 Å². The van der Waals surface area contributed by atoms with E-state index in [2.05, 4.69) is 15.2 Å². The first-order valence-electron chi connectivity index (χ1n) is 8.50. The Hall–Kier alpha value is -3.00. The summed E-state index contributed by atoms with van der Waals surface area (Å²) in [5.41, 5.74) is 1.68. The van der Waals surface area contributed by atoms with Crippen molar-refractivity contribution in [3.8, 4) is 5.69 Å². The Morgan fingerprint density at radius 1 is 1.26 bits per heavy atom. The molecule has 0 N–H and O–H groups in total. The smallest absolute Gasteiger partial charge is 0.228 e. The number of anilines is 1. The van der Waals surface area contributed by atoms with Crippen molar-refractivity contribution in [3.63, 3.8) is 0 Å². The number of rotatable bonds is 7. The third-order valence-corrected chi connectivity index (χ3v) is 4.30. The van der Waals surface area contributed by atoms with Gasteiger partial charge < -0.3 is 4.90 Å². The molecule has 3 heterocycles. The van der Waals surface area contributed by atoms with Gasteiger partial charge >= 0.3 is 0 Å². The largest absolute Gasteiger partial charge is 0.308 e. The van der Waals surface area contributed by atoms with Gasteiger partial charge in [0, 0.05) is 38.8 Å². The van der Waals surface area contributed by atoms with E-state index in [4.69, 9.17) is 11.6 Å². The summed E-state index contributed by atoms with van der Waals surface area (Å²) in [4.78, 5) is 29.7. The summed E-state index contributed by atoms with van der Waals surface area (Å²) < 4.78 is 3.18. The third-order valence-electron chi connectivity index (χ3n) is 4.03. The van der Waals surface area contributed by atoms with E-state index in [1.54, 1.807) is 51.2 Å². The van der Waals surface area contributed by atoms with Crippen molar-refractivity contribution in [1.29, 1.82) is 0 Å². The van der Waals surface area contributed by atoms with Gasteiger partial charge in [0.05, 0.1) is 18.1 Å². The zero-order valence-electron chi connectivity index (χ0n) is 15.0. The van der Waals surface area contributed by atoms with Gasteiger partial charge in [0.25, 0.3) is 0 Å². The molecular weight excluding hydrogens is 368 g/mol. The molecule has 3 aromatic heterocycles. The number of carbonyl (C=O) groups excluding carboxylic acids is 2. The van der Waals surface area contributed by atoms with Gasteiger partial charge in [-0.15, -0.1) is 0 Å². The number of hydrogen-bond acceptors (Lipinski definition) is 5. The number of halogens is 1. The number of Topliss-reactive ketones (excluding diaryl/α,β-unsaturated/α-hetero) is 1. The van der Waals surface area contributed by atoms with Crippen molar-refractivity contribution in [1.82, 2.24) is 24.5 Å². The first-order valence-corrected chi connectivity index (χ1v) is 8.87. The normalized spacial score (nSPS) is 10.8. The molecule has 0 aliphatic heterocycles. The minimum Gasteiger partial charge on any atom is -0.308 e. The van der Waals surface area contributed by atoms with Crippen molar-refractivity contribution in [2.45, 2.75) is 26.8 Å². The van der Waals surface area contributed by atoms with Crippen LogP contribution in [0.1, 0.15) is 30.8 Å². The topological polar surface area (TPSA) is 85.9 Å². The lowest BCUT2D eigenvalue weighted by Crippen LogP contribution is -2.31. The number of aromatic nitrogens is 5. The van der Waals surface area contributed by atoms with E-state index < -0.39 is 0 Å². The summed E-state index contributed by atoms with van der Waals surface area (Å²) in [6.45, 7) is 4.15. The van der Waals surface area contributed by atoms with Gasteiger partial charge in [0.2, 0.25) is 5.91 Å². The van der Waals surface area contributed by atoms with Crippen molar-refractivity contribution < 1.29 is 9.59 Å². The fraction of sp³-hybridized carbons (Fsp3) is 0.278. The summed E-state index contributed by atoms with van der Waals surface area (Å²) in [5, 5.41) is 8.66. The van der Waals surface area contributed by atoms with Gasteiger partial charge in [0.1, 0.15) is 11.4 Å². The van der Waals surface area contributed by atoms with Crippen LogP contribution in [-0.2, 0) is 11.3 Å². The van der Waals surface area contributed by atoms with Gasteiger partial charge in [-0.25, -0.2) is 4.68 Å². The first-order chi connectivity index (χ1) is 13.0. The monoisotopic (exact) mass is 386 g/mol. The molecule has 8 nitrogen and oxygen atoms in total. The summed E-state index contributed by atoms with van der Waals surface area (Å²) in [6.07, 6.45) is 6.96. The van der Waals surface area contributed by atoms with Gasteiger partial charge in [0.15, 0.2) is 10.9 Å². The number of nitrogens with zero attached hydrogens (tertiary/aromatic N) is 6. The molecule has 27 heavy (non-hydrogen) atoms. The second-order valence-electron chi connectivity index (χ2n) is 5.87. The molecule has 3 aromatic rings. The van der Waals surface area contributed by atoms with Gasteiger partial charge in [-0.1, -0.05) is 11.6 Å². The van der Waals surface area contributed by atoms with E-state index >= 15 is 0 Å². The van der Waals surface area contributed by atoms with Gasteiger partial charge in [-0.05, 0) is 25.1 Å². The predicted molar refractivity (Wildman–Crippen MR) is 101 cm³/mol. The Morgan fingerprint density at radius 2 is 2.07 bits per heavy atom. The van der Waals surface area contributed by atoms with E-state index in [1.165, 1.54) is 6.92 Å². The maximum absolute atomic E-state index is 12.7. The highest BCUT2D eigenvalue weighted by molar-refractivity contribution is 6.32. The lowest BCUT2D eigenvalue weighted by Gasteiger charge is -2.19. The molecule has 0 fully saturated rings. The van der Waals surface area contributed by atoms with Crippen LogP contribution in [0.5, 0.6) is 0 Å². The predicted octanol–water partition coefficient (Wildman–Crippen LogP) is 2.76. The molecule has 0 saturated carbocycles. The number of ketones is 1. The van der Waals surface area contributed by atoms with Crippen molar-refractivity contribution >= 4 is 29.0 Å². The fourth-order valence-electron chi connectivity index (χ4n) is 2.65. The first kappa shape index (κ1) is 18.8. The molecule has 140 valence electrons. The average Bonchev–Trinajstić information content (AvgIpc) is 3.29. The Bertz CT molecular complexity index is 950. The second-order valence-corrected chi connectivity index (χ2v) is 6.23. The molecule has 0 radical (unpaired) electrons. The fourth-order valence-corrected chi connectivity index (χ4v) is 2.88. The number of aryl methyl sites for hydroxylation is 1. The zero-order valence-corrected chi connectivity index (χ0v) is 15.8. The van der Waals surface area contributed by atoms with E-state index in [1.807, 2.05) is 13.0 Å². The van der Waals surface area contributed by atoms with E-state index in [9.17, 15) is 9.59 Å². The molecule has 0 atom stereocenters. The molecule has 0 unspecified atom stereocenters. The minimum atomic E-state index is -0.107. The molecule has 0 saturated heterocycles.